The van der Waals surface area contributed by atoms with Gasteiger partial charge in [-0.1, -0.05) is 0 Å². The molecule has 1 saturated carbocycles. The summed E-state index contributed by atoms with van der Waals surface area (Å²) in [6, 6.07) is 0. The van der Waals surface area contributed by atoms with Gasteiger partial charge in [0.25, 0.3) is 0 Å². The fraction of sp³-hybridized carbons (Fsp3) is 0.889. The lowest BCUT2D eigenvalue weighted by Gasteiger charge is -2.23. The standard InChI is InChI=1S/C9H14FNO2/c1-2-13-7(12)9(10)6-11-5-8(9)3-4-8/h11H,2-6H2,1H3. The molecule has 0 bridgehead atoms. The van der Waals surface area contributed by atoms with Crippen LogP contribution in [0.25, 0.3) is 0 Å². The molecule has 1 atom stereocenters. The molecule has 1 N–H and O–H groups in total. The Kier molecular flexibility index (Phi) is 1.84. The van der Waals surface area contributed by atoms with Crippen molar-refractivity contribution >= 4 is 5.97 Å². The second-order valence-electron chi connectivity index (χ2n) is 3.91. The van der Waals surface area contributed by atoms with Gasteiger partial charge in [0.2, 0.25) is 5.67 Å². The average molecular weight is 187 g/mol. The van der Waals surface area contributed by atoms with Gasteiger partial charge in [-0.15, -0.1) is 0 Å². The molecule has 1 unspecified atom stereocenters. The lowest BCUT2D eigenvalue weighted by molar-refractivity contribution is -0.159. The Morgan fingerprint density at radius 2 is 2.23 bits per heavy atom. The molecule has 0 aromatic rings. The predicted molar refractivity (Wildman–Crippen MR) is 45.0 cm³/mol. The Hall–Kier alpha value is -0.640. The SMILES string of the molecule is CCOC(=O)C1(F)CNCC12CC2. The number of carbonyl (C=O) groups excluding carboxylic acids is 1. The highest BCUT2D eigenvalue weighted by Gasteiger charge is 2.68. The number of ether oxygens (including phenoxy) is 1. The van der Waals surface area contributed by atoms with Gasteiger partial charge in [-0.25, -0.2) is 9.18 Å². The van der Waals surface area contributed by atoms with Crippen molar-refractivity contribution in [3.05, 3.63) is 0 Å². The molecule has 1 aliphatic heterocycles. The number of rotatable bonds is 2. The zero-order valence-electron chi connectivity index (χ0n) is 7.73. The maximum Gasteiger partial charge on any atom is 0.345 e. The van der Waals surface area contributed by atoms with Crippen molar-refractivity contribution in [3.63, 3.8) is 0 Å². The summed E-state index contributed by atoms with van der Waals surface area (Å²) in [7, 11) is 0. The first-order valence-corrected chi connectivity index (χ1v) is 4.71. The number of alkyl halides is 1. The Morgan fingerprint density at radius 3 is 2.77 bits per heavy atom. The van der Waals surface area contributed by atoms with Crippen LogP contribution in [-0.2, 0) is 9.53 Å². The molecule has 1 aliphatic carbocycles. The summed E-state index contributed by atoms with van der Waals surface area (Å²) in [6.45, 7) is 2.68. The zero-order valence-corrected chi connectivity index (χ0v) is 7.73. The van der Waals surface area contributed by atoms with Gasteiger partial charge in [-0.2, -0.15) is 0 Å². The number of carbonyl (C=O) groups is 1. The first-order valence-electron chi connectivity index (χ1n) is 4.71. The van der Waals surface area contributed by atoms with E-state index in [1.807, 2.05) is 0 Å². The van der Waals surface area contributed by atoms with Crippen molar-refractivity contribution in [2.75, 3.05) is 19.7 Å². The second kappa shape index (κ2) is 2.67. The number of hydrogen-bond donors (Lipinski definition) is 1. The first-order chi connectivity index (χ1) is 6.15. The summed E-state index contributed by atoms with van der Waals surface area (Å²) in [6.07, 6.45) is 1.60. The van der Waals surface area contributed by atoms with Crippen LogP contribution in [0.5, 0.6) is 0 Å². The van der Waals surface area contributed by atoms with Crippen LogP contribution in [0.4, 0.5) is 4.39 Å². The molecule has 4 heteroatoms. The van der Waals surface area contributed by atoms with Crippen molar-refractivity contribution in [2.45, 2.75) is 25.4 Å². The van der Waals surface area contributed by atoms with Gasteiger partial charge in [-0.3, -0.25) is 0 Å². The summed E-state index contributed by atoms with van der Waals surface area (Å²) in [5.41, 5.74) is -2.19. The van der Waals surface area contributed by atoms with E-state index in [0.717, 1.165) is 12.8 Å². The van der Waals surface area contributed by atoms with Crippen molar-refractivity contribution in [1.29, 1.82) is 0 Å². The molecule has 13 heavy (non-hydrogen) atoms. The molecule has 0 radical (unpaired) electrons. The molecule has 0 aromatic carbocycles. The van der Waals surface area contributed by atoms with Gasteiger partial charge < -0.3 is 10.1 Å². The van der Waals surface area contributed by atoms with Crippen LogP contribution in [0.1, 0.15) is 19.8 Å². The van der Waals surface area contributed by atoms with E-state index < -0.39 is 17.1 Å². The van der Waals surface area contributed by atoms with Crippen LogP contribution in [-0.4, -0.2) is 31.3 Å². The Morgan fingerprint density at radius 1 is 1.54 bits per heavy atom. The van der Waals surface area contributed by atoms with Crippen molar-refractivity contribution in [1.82, 2.24) is 5.32 Å². The van der Waals surface area contributed by atoms with Gasteiger partial charge in [0, 0.05) is 18.5 Å². The maximum atomic E-state index is 14.2. The molecule has 0 aromatic heterocycles. The molecular formula is C9H14FNO2. The molecule has 2 aliphatic rings. The molecule has 1 spiro atoms. The summed E-state index contributed by atoms with van der Waals surface area (Å²) >= 11 is 0. The maximum absolute atomic E-state index is 14.2. The quantitative estimate of drug-likeness (QED) is 0.645. The van der Waals surface area contributed by atoms with Crippen LogP contribution >= 0.6 is 0 Å². The van der Waals surface area contributed by atoms with Gasteiger partial charge in [-0.05, 0) is 19.8 Å². The van der Waals surface area contributed by atoms with E-state index in [1.165, 1.54) is 0 Å². The largest absolute Gasteiger partial charge is 0.464 e. The van der Waals surface area contributed by atoms with E-state index in [9.17, 15) is 9.18 Å². The lowest BCUT2D eigenvalue weighted by atomic mass is 9.89. The fourth-order valence-corrected chi connectivity index (χ4v) is 2.06. The van der Waals surface area contributed by atoms with Crippen LogP contribution in [0.3, 0.4) is 0 Å². The molecule has 1 saturated heterocycles. The van der Waals surface area contributed by atoms with Crippen molar-refractivity contribution in [2.24, 2.45) is 5.41 Å². The molecule has 2 rings (SSSR count). The van der Waals surface area contributed by atoms with Crippen LogP contribution in [0.2, 0.25) is 0 Å². The highest BCUT2D eigenvalue weighted by molar-refractivity contribution is 5.82. The summed E-state index contributed by atoms with van der Waals surface area (Å²) in [4.78, 5) is 11.4. The third-order valence-corrected chi connectivity index (χ3v) is 3.13. The zero-order chi connectivity index (χ0) is 9.53. The van der Waals surface area contributed by atoms with E-state index in [1.54, 1.807) is 6.92 Å². The highest BCUT2D eigenvalue weighted by Crippen LogP contribution is 2.58. The topological polar surface area (TPSA) is 38.3 Å². The van der Waals surface area contributed by atoms with Crippen LogP contribution < -0.4 is 5.32 Å². The van der Waals surface area contributed by atoms with Gasteiger partial charge in [0.15, 0.2) is 0 Å². The third-order valence-electron chi connectivity index (χ3n) is 3.13. The van der Waals surface area contributed by atoms with Gasteiger partial charge in [0.1, 0.15) is 0 Å². The smallest absolute Gasteiger partial charge is 0.345 e. The van der Waals surface area contributed by atoms with Crippen molar-refractivity contribution < 1.29 is 13.9 Å². The van der Waals surface area contributed by atoms with E-state index in [4.69, 9.17) is 4.74 Å². The monoisotopic (exact) mass is 187 g/mol. The Balaban J connectivity index is 2.14. The number of esters is 1. The number of hydrogen-bond acceptors (Lipinski definition) is 3. The summed E-state index contributed by atoms with van der Waals surface area (Å²) in [5.74, 6) is -0.683. The second-order valence-corrected chi connectivity index (χ2v) is 3.91. The van der Waals surface area contributed by atoms with Crippen molar-refractivity contribution in [3.8, 4) is 0 Å². The predicted octanol–water partition coefficient (Wildman–Crippen LogP) is 0.641. The molecular weight excluding hydrogens is 173 g/mol. The van der Waals surface area contributed by atoms with E-state index >= 15 is 0 Å². The minimum atomic E-state index is -1.76. The first kappa shape index (κ1) is 8.94. The molecule has 3 nitrogen and oxygen atoms in total. The average Bonchev–Trinajstić information content (AvgIpc) is 2.78. The molecule has 0 amide bonds. The van der Waals surface area contributed by atoms with Gasteiger partial charge >= 0.3 is 5.97 Å². The van der Waals surface area contributed by atoms with Crippen LogP contribution in [0.15, 0.2) is 0 Å². The number of nitrogens with one attached hydrogen (secondary N) is 1. The third kappa shape index (κ3) is 1.08. The normalized spacial score (nSPS) is 34.9. The lowest BCUT2D eigenvalue weighted by Crippen LogP contribution is -2.44. The minimum absolute atomic E-state index is 0.117. The highest BCUT2D eigenvalue weighted by atomic mass is 19.1. The van der Waals surface area contributed by atoms with E-state index in [2.05, 4.69) is 5.32 Å². The Labute approximate surface area is 76.6 Å². The summed E-state index contributed by atoms with van der Waals surface area (Å²) < 4.78 is 18.9. The summed E-state index contributed by atoms with van der Waals surface area (Å²) in [5, 5.41) is 2.93. The van der Waals surface area contributed by atoms with E-state index in [-0.39, 0.29) is 13.2 Å². The van der Waals surface area contributed by atoms with E-state index in [0.29, 0.717) is 6.54 Å². The molecule has 2 fully saturated rings. The molecule has 1 heterocycles. The van der Waals surface area contributed by atoms with Gasteiger partial charge in [0.05, 0.1) is 6.61 Å². The molecule has 74 valence electrons. The van der Waals surface area contributed by atoms with Crippen LogP contribution in [0, 0.1) is 5.41 Å². The Bertz CT molecular complexity index is 240. The minimum Gasteiger partial charge on any atom is -0.464 e. The fourth-order valence-electron chi connectivity index (χ4n) is 2.06. The number of halogens is 1.